The van der Waals surface area contributed by atoms with E-state index in [2.05, 4.69) is 31.9 Å². The van der Waals surface area contributed by atoms with Gasteiger partial charge in [-0.25, -0.2) is 0 Å². The first-order chi connectivity index (χ1) is 5.20. The number of ether oxygens (including phenoxy) is 1. The molecule has 0 unspecified atom stereocenters. The van der Waals surface area contributed by atoms with Crippen LogP contribution in [0.3, 0.4) is 0 Å². The predicted molar refractivity (Wildman–Crippen MR) is 48.2 cm³/mol. The predicted octanol–water partition coefficient (Wildman–Crippen LogP) is 1.42. The quantitative estimate of drug-likeness (QED) is 0.496. The second kappa shape index (κ2) is 2.68. The second-order valence-corrected chi connectivity index (χ2v) is 4.63. The van der Waals surface area contributed by atoms with Crippen LogP contribution in [0.25, 0.3) is 0 Å². The largest absolute Gasteiger partial charge is 0.364 e. The lowest BCUT2D eigenvalue weighted by Crippen LogP contribution is -2.44. The van der Waals surface area contributed by atoms with Crippen LogP contribution in [0.4, 0.5) is 0 Å². The Hall–Kier alpha value is 0.330. The molecule has 0 saturated carbocycles. The van der Waals surface area contributed by atoms with Gasteiger partial charge in [0.1, 0.15) is 9.65 Å². The number of alkyl halides is 2. The van der Waals surface area contributed by atoms with E-state index in [4.69, 9.17) is 4.74 Å². The third-order valence-electron chi connectivity index (χ3n) is 1.93. The Morgan fingerprint density at radius 3 is 2.09 bits per heavy atom. The second-order valence-electron chi connectivity index (χ2n) is 2.66. The molecule has 4 heteroatoms. The highest BCUT2D eigenvalue weighted by atomic mass is 79.9. The van der Waals surface area contributed by atoms with Gasteiger partial charge in [0.15, 0.2) is 5.78 Å². The number of carbonyl (C=O) groups is 1. The van der Waals surface area contributed by atoms with Gasteiger partial charge in [-0.15, -0.1) is 0 Å². The van der Waals surface area contributed by atoms with Crippen molar-refractivity contribution in [3.05, 3.63) is 12.2 Å². The maximum Gasteiger partial charge on any atom is 0.165 e. The summed E-state index contributed by atoms with van der Waals surface area (Å²) in [5, 5.41) is 0. The van der Waals surface area contributed by atoms with Crippen molar-refractivity contribution < 1.29 is 9.53 Å². The van der Waals surface area contributed by atoms with Gasteiger partial charge in [0.25, 0.3) is 0 Å². The number of ketones is 1. The minimum Gasteiger partial charge on any atom is -0.364 e. The third kappa shape index (κ3) is 1.12. The Kier molecular flexibility index (Phi) is 1.93. The monoisotopic (exact) mass is 280 g/mol. The molecule has 0 spiro atoms. The standard InChI is InChI=1S/C7H6Br2O2/c8-5-3-1-2-4(11-3)6(9)7(5)10/h1-6H/t3-,4-,5+,6+/m1/s1. The summed E-state index contributed by atoms with van der Waals surface area (Å²) in [6.07, 6.45) is 3.76. The fourth-order valence-corrected chi connectivity index (χ4v) is 2.83. The van der Waals surface area contributed by atoms with Crippen LogP contribution in [0.15, 0.2) is 12.2 Å². The van der Waals surface area contributed by atoms with Crippen molar-refractivity contribution in [1.29, 1.82) is 0 Å². The van der Waals surface area contributed by atoms with E-state index < -0.39 is 0 Å². The fraction of sp³-hybridized carbons (Fsp3) is 0.571. The molecule has 0 aromatic carbocycles. The van der Waals surface area contributed by atoms with Crippen LogP contribution in [0.1, 0.15) is 0 Å². The zero-order chi connectivity index (χ0) is 8.01. The lowest BCUT2D eigenvalue weighted by Gasteiger charge is -2.28. The van der Waals surface area contributed by atoms with Crippen LogP contribution >= 0.6 is 31.9 Å². The molecule has 4 atom stereocenters. The fourth-order valence-electron chi connectivity index (χ4n) is 1.30. The molecule has 1 fully saturated rings. The summed E-state index contributed by atoms with van der Waals surface area (Å²) in [5.74, 6) is 0.177. The molecule has 60 valence electrons. The van der Waals surface area contributed by atoms with Crippen molar-refractivity contribution in [2.45, 2.75) is 21.9 Å². The summed E-state index contributed by atoms with van der Waals surface area (Å²) < 4.78 is 5.47. The van der Waals surface area contributed by atoms with Crippen molar-refractivity contribution >= 4 is 37.6 Å². The minimum atomic E-state index is -0.179. The van der Waals surface area contributed by atoms with Crippen LogP contribution in [0, 0.1) is 0 Å². The van der Waals surface area contributed by atoms with Crippen LogP contribution in [-0.4, -0.2) is 27.6 Å². The molecular formula is C7H6Br2O2. The van der Waals surface area contributed by atoms with Crippen molar-refractivity contribution in [3.8, 4) is 0 Å². The zero-order valence-electron chi connectivity index (χ0n) is 5.54. The molecule has 0 amide bonds. The van der Waals surface area contributed by atoms with Gasteiger partial charge in [-0.2, -0.15) is 0 Å². The molecule has 2 aliphatic rings. The molecule has 0 N–H and O–H groups in total. The summed E-state index contributed by atoms with van der Waals surface area (Å²) in [6.45, 7) is 0. The molecule has 0 aliphatic carbocycles. The zero-order valence-corrected chi connectivity index (χ0v) is 8.71. The van der Waals surface area contributed by atoms with E-state index in [1.165, 1.54) is 0 Å². The molecule has 2 aliphatic heterocycles. The number of hydrogen-bond acceptors (Lipinski definition) is 2. The number of rotatable bonds is 0. The number of hydrogen-bond donors (Lipinski definition) is 0. The number of Topliss-reactive ketones (excluding diaryl/α,β-unsaturated/α-hetero) is 1. The Bertz CT molecular complexity index is 206. The van der Waals surface area contributed by atoms with Crippen molar-refractivity contribution in [2.75, 3.05) is 0 Å². The molecule has 0 aromatic heterocycles. The summed E-state index contributed by atoms with van der Waals surface area (Å²) in [5.41, 5.74) is 0. The first-order valence-corrected chi connectivity index (χ1v) is 5.19. The number of halogens is 2. The molecule has 2 nitrogen and oxygen atoms in total. The molecule has 0 radical (unpaired) electrons. The van der Waals surface area contributed by atoms with Gasteiger partial charge in [0, 0.05) is 0 Å². The summed E-state index contributed by atoms with van der Waals surface area (Å²) in [7, 11) is 0. The maximum absolute atomic E-state index is 11.4. The van der Waals surface area contributed by atoms with E-state index in [0.29, 0.717) is 0 Å². The Morgan fingerprint density at radius 1 is 1.18 bits per heavy atom. The van der Waals surface area contributed by atoms with Gasteiger partial charge in [-0.1, -0.05) is 44.0 Å². The first-order valence-electron chi connectivity index (χ1n) is 3.36. The van der Waals surface area contributed by atoms with Gasteiger partial charge in [-0.3, -0.25) is 4.79 Å². The van der Waals surface area contributed by atoms with Crippen molar-refractivity contribution in [2.24, 2.45) is 0 Å². The number of carbonyl (C=O) groups excluding carboxylic acids is 1. The first kappa shape index (κ1) is 7.95. The molecule has 0 aromatic rings. The molecule has 1 saturated heterocycles. The maximum atomic E-state index is 11.4. The smallest absolute Gasteiger partial charge is 0.165 e. The van der Waals surface area contributed by atoms with Gasteiger partial charge in [-0.05, 0) is 0 Å². The van der Waals surface area contributed by atoms with Crippen LogP contribution < -0.4 is 0 Å². The minimum absolute atomic E-state index is 0.0544. The Balaban J connectivity index is 2.29. The molecular weight excluding hydrogens is 276 g/mol. The van der Waals surface area contributed by atoms with Gasteiger partial charge >= 0.3 is 0 Å². The lowest BCUT2D eigenvalue weighted by molar-refractivity contribution is -0.125. The molecule has 2 rings (SSSR count). The van der Waals surface area contributed by atoms with E-state index in [9.17, 15) is 4.79 Å². The number of fused-ring (bicyclic) bond motifs is 2. The third-order valence-corrected chi connectivity index (χ3v) is 3.87. The average Bonchev–Trinajstić information content (AvgIpc) is 2.44. The topological polar surface area (TPSA) is 26.3 Å². The van der Waals surface area contributed by atoms with Gasteiger partial charge in [0.05, 0.1) is 12.2 Å². The highest BCUT2D eigenvalue weighted by Gasteiger charge is 2.43. The molecule has 11 heavy (non-hydrogen) atoms. The lowest BCUT2D eigenvalue weighted by atomic mass is 10.1. The Morgan fingerprint density at radius 2 is 1.64 bits per heavy atom. The van der Waals surface area contributed by atoms with Crippen LogP contribution in [-0.2, 0) is 9.53 Å². The van der Waals surface area contributed by atoms with E-state index in [-0.39, 0.29) is 27.6 Å². The van der Waals surface area contributed by atoms with E-state index in [1.807, 2.05) is 12.2 Å². The molecule has 2 bridgehead atoms. The van der Waals surface area contributed by atoms with Crippen LogP contribution in [0.5, 0.6) is 0 Å². The van der Waals surface area contributed by atoms with Crippen LogP contribution in [0.2, 0.25) is 0 Å². The average molecular weight is 282 g/mol. The van der Waals surface area contributed by atoms with E-state index >= 15 is 0 Å². The van der Waals surface area contributed by atoms with Gasteiger partial charge in [0.2, 0.25) is 0 Å². The SMILES string of the molecule is O=C1[C@@H](Br)[C@H]2C=C[C@@H](O2)[C@@H]1Br. The highest BCUT2D eigenvalue weighted by molar-refractivity contribution is 9.10. The summed E-state index contributed by atoms with van der Waals surface area (Å²) in [4.78, 5) is 11.0. The van der Waals surface area contributed by atoms with Crippen molar-refractivity contribution in [1.82, 2.24) is 0 Å². The Labute approximate surface area is 81.2 Å². The van der Waals surface area contributed by atoms with Crippen molar-refractivity contribution in [3.63, 3.8) is 0 Å². The summed E-state index contributed by atoms with van der Waals surface area (Å²) in [6, 6.07) is 0. The van der Waals surface area contributed by atoms with Gasteiger partial charge < -0.3 is 4.74 Å². The summed E-state index contributed by atoms with van der Waals surface area (Å²) >= 11 is 6.58. The molecule has 2 heterocycles. The van der Waals surface area contributed by atoms with E-state index in [1.54, 1.807) is 0 Å². The van der Waals surface area contributed by atoms with E-state index in [0.717, 1.165) is 0 Å². The highest BCUT2D eigenvalue weighted by Crippen LogP contribution is 2.32. The normalized spacial score (nSPS) is 48.4.